The Bertz CT molecular complexity index is 1760. The van der Waals surface area contributed by atoms with E-state index >= 15 is 0 Å². The summed E-state index contributed by atoms with van der Waals surface area (Å²) in [5.41, 5.74) is 6.51. The second-order valence-electron chi connectivity index (χ2n) is 10.5. The summed E-state index contributed by atoms with van der Waals surface area (Å²) in [5.74, 6) is 0.209. The Morgan fingerprint density at radius 3 is 2.39 bits per heavy atom. The summed E-state index contributed by atoms with van der Waals surface area (Å²) in [5, 5.41) is 3.74. The van der Waals surface area contributed by atoms with Gasteiger partial charge in [0, 0.05) is 30.0 Å². The molecule has 0 radical (unpaired) electrons. The van der Waals surface area contributed by atoms with Crippen LogP contribution in [-0.4, -0.2) is 33.6 Å². The van der Waals surface area contributed by atoms with E-state index in [2.05, 4.69) is 27.0 Å². The SMILES string of the molecule is CCOC(=O)C1(NC(=O)c2ccc(Cn3c(C)nc4ccccc43)cc2)Cc2ccc(-c3ccc(Cl)cc3)cc2C1. The summed E-state index contributed by atoms with van der Waals surface area (Å²) >= 11 is 6.07. The third-order valence-electron chi connectivity index (χ3n) is 7.79. The van der Waals surface area contributed by atoms with Crippen molar-refractivity contribution < 1.29 is 14.3 Å². The number of imidazole rings is 1. The largest absolute Gasteiger partial charge is 0.464 e. The number of nitrogens with one attached hydrogen (secondary N) is 1. The fraction of sp³-hybridized carbons (Fsp3) is 0.206. The Morgan fingerprint density at radius 2 is 1.63 bits per heavy atom. The monoisotopic (exact) mass is 563 g/mol. The highest BCUT2D eigenvalue weighted by atomic mass is 35.5. The number of ether oxygens (including phenoxy) is 1. The molecule has 0 fully saturated rings. The van der Waals surface area contributed by atoms with Gasteiger partial charge in [-0.1, -0.05) is 66.2 Å². The highest BCUT2D eigenvalue weighted by Gasteiger charge is 2.46. The van der Waals surface area contributed by atoms with Crippen LogP contribution >= 0.6 is 11.6 Å². The molecule has 1 unspecified atom stereocenters. The molecule has 1 atom stereocenters. The van der Waals surface area contributed by atoms with Crippen LogP contribution in [0.3, 0.4) is 0 Å². The number of benzene rings is 4. The van der Waals surface area contributed by atoms with Gasteiger partial charge in [0.25, 0.3) is 5.91 Å². The quantitative estimate of drug-likeness (QED) is 0.228. The zero-order valence-corrected chi connectivity index (χ0v) is 23.7. The van der Waals surface area contributed by atoms with Crippen LogP contribution in [0.2, 0.25) is 5.02 Å². The molecule has 6 rings (SSSR count). The van der Waals surface area contributed by atoms with E-state index in [1.165, 1.54) is 0 Å². The zero-order valence-electron chi connectivity index (χ0n) is 23.0. The number of amides is 1. The number of halogens is 1. The Kier molecular flexibility index (Phi) is 7.10. The van der Waals surface area contributed by atoms with Crippen LogP contribution in [0.4, 0.5) is 0 Å². The average molecular weight is 564 g/mol. The molecule has 1 amide bonds. The fourth-order valence-electron chi connectivity index (χ4n) is 5.68. The number of fused-ring (bicyclic) bond motifs is 2. The van der Waals surface area contributed by atoms with Gasteiger partial charge in [0.1, 0.15) is 11.4 Å². The summed E-state index contributed by atoms with van der Waals surface area (Å²) < 4.78 is 7.63. The highest BCUT2D eigenvalue weighted by Crippen LogP contribution is 2.35. The molecule has 0 bridgehead atoms. The third-order valence-corrected chi connectivity index (χ3v) is 8.04. The first kappa shape index (κ1) is 26.8. The van der Waals surface area contributed by atoms with Gasteiger partial charge in [0.2, 0.25) is 0 Å². The molecular formula is C34H30ClN3O3. The number of nitrogens with zero attached hydrogens (tertiary/aromatic N) is 2. The van der Waals surface area contributed by atoms with E-state index in [-0.39, 0.29) is 12.5 Å². The summed E-state index contributed by atoms with van der Waals surface area (Å²) in [4.78, 5) is 31.4. The first-order chi connectivity index (χ1) is 19.8. The van der Waals surface area contributed by atoms with Crippen molar-refractivity contribution in [1.82, 2.24) is 14.9 Å². The molecule has 1 aliphatic carbocycles. The molecule has 7 heteroatoms. The van der Waals surface area contributed by atoms with E-state index < -0.39 is 11.5 Å². The molecule has 0 saturated carbocycles. The molecule has 6 nitrogen and oxygen atoms in total. The van der Waals surface area contributed by atoms with Crippen LogP contribution in [0.25, 0.3) is 22.2 Å². The van der Waals surface area contributed by atoms with Crippen LogP contribution in [-0.2, 0) is 28.9 Å². The van der Waals surface area contributed by atoms with Gasteiger partial charge in [0.15, 0.2) is 0 Å². The smallest absolute Gasteiger partial charge is 0.332 e. The summed E-state index contributed by atoms with van der Waals surface area (Å²) in [7, 11) is 0. The lowest BCUT2D eigenvalue weighted by atomic mass is 9.94. The maximum atomic E-state index is 13.5. The van der Waals surface area contributed by atoms with Crippen molar-refractivity contribution in [2.24, 2.45) is 0 Å². The topological polar surface area (TPSA) is 73.2 Å². The minimum atomic E-state index is -1.17. The van der Waals surface area contributed by atoms with Crippen molar-refractivity contribution in [2.45, 2.75) is 38.8 Å². The van der Waals surface area contributed by atoms with Crippen LogP contribution in [0.5, 0.6) is 0 Å². The predicted molar refractivity (Wildman–Crippen MR) is 161 cm³/mol. The molecule has 1 N–H and O–H groups in total. The standard InChI is InChI=1S/C34H30ClN3O3/c1-3-41-33(40)34(19-27-13-12-26(18-28(27)20-34)24-14-16-29(35)17-15-24)37-32(39)25-10-8-23(9-11-25)21-38-22(2)36-30-6-4-5-7-31(30)38/h4-18H,3,19-21H2,1-2H3,(H,37,39). The van der Waals surface area contributed by atoms with E-state index in [0.29, 0.717) is 30.0 Å². The van der Waals surface area contributed by atoms with Crippen molar-refractivity contribution in [2.75, 3.05) is 6.61 Å². The van der Waals surface area contributed by atoms with Crippen LogP contribution < -0.4 is 5.32 Å². The minimum Gasteiger partial charge on any atom is -0.464 e. The van der Waals surface area contributed by atoms with Crippen LogP contribution in [0, 0.1) is 6.92 Å². The van der Waals surface area contributed by atoms with Gasteiger partial charge >= 0.3 is 5.97 Å². The van der Waals surface area contributed by atoms with E-state index in [9.17, 15) is 9.59 Å². The molecule has 4 aromatic carbocycles. The van der Waals surface area contributed by atoms with Crippen molar-refractivity contribution in [3.63, 3.8) is 0 Å². The van der Waals surface area contributed by atoms with Crippen LogP contribution in [0.1, 0.15) is 39.8 Å². The van der Waals surface area contributed by atoms with Gasteiger partial charge in [-0.15, -0.1) is 0 Å². The molecule has 206 valence electrons. The van der Waals surface area contributed by atoms with Crippen molar-refractivity contribution >= 4 is 34.5 Å². The van der Waals surface area contributed by atoms with Crippen molar-refractivity contribution in [3.8, 4) is 11.1 Å². The average Bonchev–Trinajstić information content (AvgIpc) is 3.50. The van der Waals surface area contributed by atoms with Gasteiger partial charge in [-0.2, -0.15) is 0 Å². The predicted octanol–water partition coefficient (Wildman–Crippen LogP) is 6.54. The lowest BCUT2D eigenvalue weighted by Crippen LogP contribution is -2.56. The number of carbonyl (C=O) groups excluding carboxylic acids is 2. The Balaban J connectivity index is 1.22. The molecule has 41 heavy (non-hydrogen) atoms. The summed E-state index contributed by atoms with van der Waals surface area (Å²) in [6.45, 7) is 4.65. The molecule has 0 saturated heterocycles. The Morgan fingerprint density at radius 1 is 0.927 bits per heavy atom. The number of para-hydroxylation sites is 2. The van der Waals surface area contributed by atoms with Gasteiger partial charge in [0.05, 0.1) is 17.6 Å². The van der Waals surface area contributed by atoms with Crippen LogP contribution in [0.15, 0.2) is 91.0 Å². The van der Waals surface area contributed by atoms with Gasteiger partial charge in [-0.05, 0) is 78.1 Å². The summed E-state index contributed by atoms with van der Waals surface area (Å²) in [6.07, 6.45) is 0.734. The number of esters is 1. The number of carbonyl (C=O) groups is 2. The van der Waals surface area contributed by atoms with E-state index in [1.807, 2.05) is 73.7 Å². The van der Waals surface area contributed by atoms with Crippen molar-refractivity contribution in [1.29, 1.82) is 0 Å². The van der Waals surface area contributed by atoms with Gasteiger partial charge in [-0.25, -0.2) is 9.78 Å². The highest BCUT2D eigenvalue weighted by molar-refractivity contribution is 6.30. The number of rotatable bonds is 7. The van der Waals surface area contributed by atoms with E-state index in [4.69, 9.17) is 16.3 Å². The number of aryl methyl sites for hydroxylation is 1. The molecule has 0 aliphatic heterocycles. The Labute approximate surface area is 243 Å². The lowest BCUT2D eigenvalue weighted by molar-refractivity contribution is -0.150. The first-order valence-corrected chi connectivity index (χ1v) is 14.1. The molecule has 5 aromatic rings. The maximum Gasteiger partial charge on any atom is 0.332 e. The number of hydrogen-bond acceptors (Lipinski definition) is 4. The first-order valence-electron chi connectivity index (χ1n) is 13.7. The van der Waals surface area contributed by atoms with Gasteiger partial charge in [-0.3, -0.25) is 4.79 Å². The minimum absolute atomic E-state index is 0.236. The molecule has 1 aliphatic rings. The molecule has 1 aromatic heterocycles. The second kappa shape index (κ2) is 10.9. The van der Waals surface area contributed by atoms with E-state index in [0.717, 1.165) is 44.7 Å². The zero-order chi connectivity index (χ0) is 28.6. The fourth-order valence-corrected chi connectivity index (χ4v) is 5.81. The van der Waals surface area contributed by atoms with E-state index in [1.54, 1.807) is 19.1 Å². The Hall–Kier alpha value is -4.42. The van der Waals surface area contributed by atoms with Gasteiger partial charge < -0.3 is 14.6 Å². The van der Waals surface area contributed by atoms with Crippen molar-refractivity contribution in [3.05, 3.63) is 124 Å². The maximum absolute atomic E-state index is 13.5. The molecule has 1 heterocycles. The number of aromatic nitrogens is 2. The molecule has 0 spiro atoms. The third kappa shape index (κ3) is 5.23. The lowest BCUT2D eigenvalue weighted by Gasteiger charge is -2.28. The molecular weight excluding hydrogens is 534 g/mol. The number of hydrogen-bond donors (Lipinski definition) is 1. The summed E-state index contributed by atoms with van der Waals surface area (Å²) in [6, 6.07) is 29.4. The second-order valence-corrected chi connectivity index (χ2v) is 11.0. The normalized spacial score (nSPS) is 16.0.